The van der Waals surface area contributed by atoms with Crippen LogP contribution >= 0.6 is 0 Å². The SMILES string of the molecule is CCN1CCC(CNc2ncncc2N)C1. The Labute approximate surface area is 96.1 Å². The molecule has 0 spiro atoms. The summed E-state index contributed by atoms with van der Waals surface area (Å²) in [6.45, 7) is 6.68. The van der Waals surface area contributed by atoms with Crippen molar-refractivity contribution in [3.05, 3.63) is 12.5 Å². The topological polar surface area (TPSA) is 67.1 Å². The van der Waals surface area contributed by atoms with Gasteiger partial charge in [-0.15, -0.1) is 0 Å². The van der Waals surface area contributed by atoms with Gasteiger partial charge in [-0.05, 0) is 25.4 Å². The number of aromatic nitrogens is 2. The fraction of sp³-hybridized carbons (Fsp3) is 0.636. The first-order valence-corrected chi connectivity index (χ1v) is 5.81. The van der Waals surface area contributed by atoms with Crippen molar-refractivity contribution >= 4 is 11.5 Å². The van der Waals surface area contributed by atoms with Crippen LogP contribution in [0.1, 0.15) is 13.3 Å². The number of rotatable bonds is 4. The summed E-state index contributed by atoms with van der Waals surface area (Å²) in [4.78, 5) is 10.5. The van der Waals surface area contributed by atoms with E-state index in [1.165, 1.54) is 25.8 Å². The van der Waals surface area contributed by atoms with Crippen LogP contribution in [0.3, 0.4) is 0 Å². The summed E-state index contributed by atoms with van der Waals surface area (Å²) in [5, 5.41) is 3.30. The van der Waals surface area contributed by atoms with E-state index in [0.29, 0.717) is 11.6 Å². The monoisotopic (exact) mass is 221 g/mol. The lowest BCUT2D eigenvalue weighted by molar-refractivity contribution is 0.345. The van der Waals surface area contributed by atoms with Crippen LogP contribution in [0.5, 0.6) is 0 Å². The molecule has 88 valence electrons. The summed E-state index contributed by atoms with van der Waals surface area (Å²) >= 11 is 0. The van der Waals surface area contributed by atoms with Crippen LogP contribution < -0.4 is 11.1 Å². The highest BCUT2D eigenvalue weighted by Gasteiger charge is 2.20. The third-order valence-corrected chi connectivity index (χ3v) is 3.12. The van der Waals surface area contributed by atoms with Crippen LogP contribution in [0.2, 0.25) is 0 Å². The lowest BCUT2D eigenvalue weighted by atomic mass is 10.1. The molecule has 1 aliphatic heterocycles. The van der Waals surface area contributed by atoms with E-state index in [1.54, 1.807) is 6.20 Å². The minimum Gasteiger partial charge on any atom is -0.394 e. The zero-order chi connectivity index (χ0) is 11.4. The molecule has 0 radical (unpaired) electrons. The molecule has 5 nitrogen and oxygen atoms in total. The van der Waals surface area contributed by atoms with Crippen molar-refractivity contribution in [1.29, 1.82) is 0 Å². The molecule has 1 fully saturated rings. The van der Waals surface area contributed by atoms with Gasteiger partial charge in [-0.25, -0.2) is 9.97 Å². The number of nitrogen functional groups attached to an aromatic ring is 1. The number of hydrogen-bond acceptors (Lipinski definition) is 5. The van der Waals surface area contributed by atoms with Crippen LogP contribution in [-0.2, 0) is 0 Å². The van der Waals surface area contributed by atoms with Crippen molar-refractivity contribution in [2.45, 2.75) is 13.3 Å². The van der Waals surface area contributed by atoms with E-state index in [4.69, 9.17) is 5.73 Å². The van der Waals surface area contributed by atoms with Gasteiger partial charge in [0.15, 0.2) is 5.82 Å². The van der Waals surface area contributed by atoms with E-state index >= 15 is 0 Å². The second-order valence-corrected chi connectivity index (χ2v) is 4.26. The van der Waals surface area contributed by atoms with Crippen molar-refractivity contribution in [3.8, 4) is 0 Å². The molecule has 2 rings (SSSR count). The molecule has 16 heavy (non-hydrogen) atoms. The van der Waals surface area contributed by atoms with Crippen LogP contribution in [-0.4, -0.2) is 41.0 Å². The molecule has 1 aromatic heterocycles. The van der Waals surface area contributed by atoms with Gasteiger partial charge in [0.25, 0.3) is 0 Å². The molecular formula is C11H19N5. The summed E-state index contributed by atoms with van der Waals surface area (Å²) in [7, 11) is 0. The van der Waals surface area contributed by atoms with Gasteiger partial charge in [0.2, 0.25) is 0 Å². The van der Waals surface area contributed by atoms with Crippen molar-refractivity contribution in [1.82, 2.24) is 14.9 Å². The molecule has 1 saturated heterocycles. The van der Waals surface area contributed by atoms with Gasteiger partial charge in [-0.1, -0.05) is 6.92 Å². The zero-order valence-electron chi connectivity index (χ0n) is 9.69. The summed E-state index contributed by atoms with van der Waals surface area (Å²) in [5.74, 6) is 1.46. The fourth-order valence-electron chi connectivity index (χ4n) is 2.10. The van der Waals surface area contributed by atoms with Gasteiger partial charge < -0.3 is 16.0 Å². The highest BCUT2D eigenvalue weighted by Crippen LogP contribution is 2.18. The van der Waals surface area contributed by atoms with Gasteiger partial charge in [0.1, 0.15) is 6.33 Å². The second-order valence-electron chi connectivity index (χ2n) is 4.26. The Bertz CT molecular complexity index is 341. The summed E-state index contributed by atoms with van der Waals surface area (Å²) in [5.41, 5.74) is 6.38. The average Bonchev–Trinajstić information content (AvgIpc) is 2.76. The van der Waals surface area contributed by atoms with E-state index in [1.807, 2.05) is 0 Å². The molecule has 1 aromatic rings. The van der Waals surface area contributed by atoms with Gasteiger partial charge in [0, 0.05) is 13.1 Å². The largest absolute Gasteiger partial charge is 0.394 e. The Kier molecular flexibility index (Phi) is 3.56. The van der Waals surface area contributed by atoms with Crippen molar-refractivity contribution < 1.29 is 0 Å². The number of hydrogen-bond donors (Lipinski definition) is 2. The molecular weight excluding hydrogens is 202 g/mol. The Morgan fingerprint density at radius 1 is 1.62 bits per heavy atom. The lowest BCUT2D eigenvalue weighted by Crippen LogP contribution is -2.22. The van der Waals surface area contributed by atoms with E-state index in [2.05, 4.69) is 27.1 Å². The fourth-order valence-corrected chi connectivity index (χ4v) is 2.10. The zero-order valence-corrected chi connectivity index (χ0v) is 9.69. The Morgan fingerprint density at radius 2 is 2.50 bits per heavy atom. The number of nitrogens with zero attached hydrogens (tertiary/aromatic N) is 3. The minimum absolute atomic E-state index is 0.618. The third-order valence-electron chi connectivity index (χ3n) is 3.12. The first kappa shape index (κ1) is 11.1. The normalized spacial score (nSPS) is 21.2. The minimum atomic E-state index is 0.618. The van der Waals surface area contributed by atoms with Crippen LogP contribution in [0.4, 0.5) is 11.5 Å². The second kappa shape index (κ2) is 5.12. The summed E-state index contributed by atoms with van der Waals surface area (Å²) in [6.07, 6.45) is 4.40. The van der Waals surface area contributed by atoms with Gasteiger partial charge in [-0.2, -0.15) is 0 Å². The first-order chi connectivity index (χ1) is 7.79. The molecule has 2 heterocycles. The predicted octanol–water partition coefficient (Wildman–Crippen LogP) is 0.812. The maximum absolute atomic E-state index is 5.76. The quantitative estimate of drug-likeness (QED) is 0.787. The molecule has 1 atom stereocenters. The molecule has 5 heteroatoms. The van der Waals surface area contributed by atoms with E-state index in [0.717, 1.165) is 18.9 Å². The van der Waals surface area contributed by atoms with E-state index in [-0.39, 0.29) is 0 Å². The van der Waals surface area contributed by atoms with Gasteiger partial charge >= 0.3 is 0 Å². The molecule has 1 unspecified atom stereocenters. The number of likely N-dealkylation sites (tertiary alicyclic amines) is 1. The Morgan fingerprint density at radius 3 is 3.19 bits per heavy atom. The molecule has 1 aliphatic rings. The van der Waals surface area contributed by atoms with Crippen molar-refractivity contribution in [3.63, 3.8) is 0 Å². The predicted molar refractivity (Wildman–Crippen MR) is 65.2 cm³/mol. The molecule has 0 bridgehead atoms. The summed E-state index contributed by atoms with van der Waals surface area (Å²) < 4.78 is 0. The maximum atomic E-state index is 5.76. The average molecular weight is 221 g/mol. The maximum Gasteiger partial charge on any atom is 0.152 e. The number of nitrogens with two attached hydrogens (primary N) is 1. The molecule has 0 aliphatic carbocycles. The van der Waals surface area contributed by atoms with Crippen molar-refractivity contribution in [2.24, 2.45) is 5.92 Å². The summed E-state index contributed by atoms with van der Waals surface area (Å²) in [6, 6.07) is 0. The van der Waals surface area contributed by atoms with Gasteiger partial charge in [0.05, 0.1) is 11.9 Å². The van der Waals surface area contributed by atoms with Crippen LogP contribution in [0, 0.1) is 5.92 Å². The Hall–Kier alpha value is -1.36. The van der Waals surface area contributed by atoms with Crippen molar-refractivity contribution in [2.75, 3.05) is 37.2 Å². The molecule has 3 N–H and O–H groups in total. The number of nitrogens with one attached hydrogen (secondary N) is 1. The molecule has 0 amide bonds. The highest BCUT2D eigenvalue weighted by atomic mass is 15.1. The van der Waals surface area contributed by atoms with Gasteiger partial charge in [-0.3, -0.25) is 0 Å². The highest BCUT2D eigenvalue weighted by molar-refractivity contribution is 5.58. The lowest BCUT2D eigenvalue weighted by Gasteiger charge is -2.14. The van der Waals surface area contributed by atoms with E-state index < -0.39 is 0 Å². The van der Waals surface area contributed by atoms with E-state index in [9.17, 15) is 0 Å². The standard InChI is InChI=1S/C11H19N5/c1-2-16-4-3-9(7-16)5-14-11-10(12)6-13-8-15-11/h6,8-9H,2-5,7,12H2,1H3,(H,13,14,15). The number of anilines is 2. The van der Waals surface area contributed by atoms with Crippen LogP contribution in [0.25, 0.3) is 0 Å². The third kappa shape index (κ3) is 2.61. The molecule has 0 saturated carbocycles. The first-order valence-electron chi connectivity index (χ1n) is 5.81. The van der Waals surface area contributed by atoms with Crippen LogP contribution in [0.15, 0.2) is 12.5 Å². The Balaban J connectivity index is 1.82. The molecule has 0 aromatic carbocycles. The smallest absolute Gasteiger partial charge is 0.152 e.